The monoisotopic (exact) mass is 244 g/mol. The average molecular weight is 244 g/mol. The number of hydrogen-bond acceptors (Lipinski definition) is 4. The Bertz CT molecular complexity index is 229. The van der Waals surface area contributed by atoms with Crippen molar-refractivity contribution in [2.45, 2.75) is 39.0 Å². The minimum atomic E-state index is -0.817. The second kappa shape index (κ2) is 6.93. The van der Waals surface area contributed by atoms with Crippen molar-refractivity contribution in [1.82, 2.24) is 9.80 Å². The second-order valence-corrected chi connectivity index (χ2v) is 5.65. The van der Waals surface area contributed by atoms with Crippen LogP contribution in [0.1, 0.15) is 27.2 Å². The number of hydrogen-bond donors (Lipinski definition) is 3. The average Bonchev–Trinajstić information content (AvgIpc) is 2.15. The van der Waals surface area contributed by atoms with E-state index in [0.717, 1.165) is 13.0 Å². The van der Waals surface area contributed by atoms with Gasteiger partial charge in [0.25, 0.3) is 0 Å². The first-order valence-corrected chi connectivity index (χ1v) is 6.08. The first kappa shape index (κ1) is 16.4. The molecule has 17 heavy (non-hydrogen) atoms. The molecule has 0 heterocycles. The first-order chi connectivity index (χ1) is 7.70. The molecule has 0 saturated carbocycles. The molecular weight excluding hydrogens is 216 g/mol. The zero-order valence-electron chi connectivity index (χ0n) is 11.8. The van der Waals surface area contributed by atoms with Crippen LogP contribution in [-0.2, 0) is 0 Å². The Morgan fingerprint density at radius 3 is 2.24 bits per heavy atom. The highest BCUT2D eigenvalue weighted by Gasteiger charge is 2.32. The maximum Gasteiger partial charge on any atom is 0.145 e. The van der Waals surface area contributed by atoms with Gasteiger partial charge in [-0.05, 0) is 33.4 Å². The van der Waals surface area contributed by atoms with Crippen molar-refractivity contribution in [2.24, 2.45) is 11.7 Å². The van der Waals surface area contributed by atoms with Gasteiger partial charge in [0.05, 0.1) is 11.9 Å². The first-order valence-electron chi connectivity index (χ1n) is 6.08. The summed E-state index contributed by atoms with van der Waals surface area (Å²) in [5.41, 5.74) is 5.44. The van der Waals surface area contributed by atoms with Crippen molar-refractivity contribution in [1.29, 1.82) is 5.41 Å². The maximum atomic E-state index is 10.2. The standard InChI is InChI=1S/C12H28N4O/c1-10(2)8-12(3,14)11(17)16(9-13)7-6-15(4)5/h9-11,13,17H,6-8,14H2,1-5H3. The Morgan fingerprint density at radius 2 is 1.88 bits per heavy atom. The summed E-state index contributed by atoms with van der Waals surface area (Å²) in [5.74, 6) is 0.418. The molecule has 0 aromatic carbocycles. The Balaban J connectivity index is 4.50. The highest BCUT2D eigenvalue weighted by molar-refractivity contribution is 5.51. The summed E-state index contributed by atoms with van der Waals surface area (Å²) < 4.78 is 0. The quantitative estimate of drug-likeness (QED) is 0.331. The van der Waals surface area contributed by atoms with Crippen LogP contribution < -0.4 is 5.73 Å². The van der Waals surface area contributed by atoms with E-state index in [0.29, 0.717) is 12.5 Å². The highest BCUT2D eigenvalue weighted by Crippen LogP contribution is 2.19. The number of rotatable bonds is 8. The van der Waals surface area contributed by atoms with E-state index >= 15 is 0 Å². The third-order valence-electron chi connectivity index (χ3n) is 2.72. The van der Waals surface area contributed by atoms with Crippen LogP contribution in [0.5, 0.6) is 0 Å². The van der Waals surface area contributed by atoms with Crippen LogP contribution in [0.4, 0.5) is 0 Å². The minimum absolute atomic E-state index is 0.418. The molecule has 0 rings (SSSR count). The molecule has 4 N–H and O–H groups in total. The lowest BCUT2D eigenvalue weighted by atomic mass is 9.89. The van der Waals surface area contributed by atoms with E-state index in [-0.39, 0.29) is 0 Å². The number of likely N-dealkylation sites (N-methyl/N-ethyl adjacent to an activating group) is 1. The Morgan fingerprint density at radius 1 is 1.35 bits per heavy atom. The van der Waals surface area contributed by atoms with Crippen LogP contribution in [0.25, 0.3) is 0 Å². The predicted molar refractivity (Wildman–Crippen MR) is 72.1 cm³/mol. The van der Waals surface area contributed by atoms with E-state index in [1.165, 1.54) is 6.34 Å². The Kier molecular flexibility index (Phi) is 6.67. The van der Waals surface area contributed by atoms with Crippen molar-refractivity contribution in [3.8, 4) is 0 Å². The molecule has 102 valence electrons. The predicted octanol–water partition coefficient (Wildman–Crippen LogP) is 0.539. The van der Waals surface area contributed by atoms with Crippen LogP contribution in [0.15, 0.2) is 0 Å². The molecule has 0 aliphatic rings. The zero-order valence-corrected chi connectivity index (χ0v) is 11.8. The molecular formula is C12H28N4O. The van der Waals surface area contributed by atoms with Crippen molar-refractivity contribution < 1.29 is 5.11 Å². The summed E-state index contributed by atoms with van der Waals surface area (Å²) in [6.45, 7) is 7.37. The molecule has 0 aliphatic carbocycles. The van der Waals surface area contributed by atoms with E-state index in [1.807, 2.05) is 25.9 Å². The lowest BCUT2D eigenvalue weighted by Crippen LogP contribution is -2.57. The molecule has 0 aromatic rings. The van der Waals surface area contributed by atoms with Crippen molar-refractivity contribution in [3.63, 3.8) is 0 Å². The van der Waals surface area contributed by atoms with Gasteiger partial charge in [0.2, 0.25) is 0 Å². The summed E-state index contributed by atoms with van der Waals surface area (Å²) in [5, 5.41) is 17.6. The molecule has 0 aromatic heterocycles. The zero-order chi connectivity index (χ0) is 13.6. The number of aliphatic hydroxyl groups is 1. The lowest BCUT2D eigenvalue weighted by molar-refractivity contribution is -0.0147. The van der Waals surface area contributed by atoms with Gasteiger partial charge in [-0.2, -0.15) is 0 Å². The van der Waals surface area contributed by atoms with Gasteiger partial charge in [0.1, 0.15) is 6.23 Å². The van der Waals surface area contributed by atoms with Gasteiger partial charge in [-0.1, -0.05) is 13.8 Å². The van der Waals surface area contributed by atoms with Crippen molar-refractivity contribution >= 4 is 6.34 Å². The number of nitrogens with two attached hydrogens (primary N) is 1. The van der Waals surface area contributed by atoms with Gasteiger partial charge in [0, 0.05) is 13.1 Å². The van der Waals surface area contributed by atoms with Gasteiger partial charge >= 0.3 is 0 Å². The number of nitrogens with one attached hydrogen (secondary N) is 1. The molecule has 0 amide bonds. The fourth-order valence-electron chi connectivity index (χ4n) is 1.94. The van der Waals surface area contributed by atoms with Gasteiger partial charge < -0.3 is 20.6 Å². The molecule has 2 atom stereocenters. The third-order valence-corrected chi connectivity index (χ3v) is 2.72. The third kappa shape index (κ3) is 6.00. The van der Waals surface area contributed by atoms with Gasteiger partial charge in [-0.3, -0.25) is 5.41 Å². The minimum Gasteiger partial charge on any atom is -0.372 e. The van der Waals surface area contributed by atoms with Gasteiger partial charge in [0.15, 0.2) is 0 Å². The fraction of sp³-hybridized carbons (Fsp3) is 0.917. The highest BCUT2D eigenvalue weighted by atomic mass is 16.3. The molecule has 0 saturated heterocycles. The van der Waals surface area contributed by atoms with Crippen LogP contribution in [-0.4, -0.2) is 60.2 Å². The number of aliphatic hydroxyl groups excluding tert-OH is 1. The van der Waals surface area contributed by atoms with Crippen LogP contribution in [0, 0.1) is 11.3 Å². The molecule has 0 bridgehead atoms. The van der Waals surface area contributed by atoms with Gasteiger partial charge in [-0.25, -0.2) is 0 Å². The molecule has 0 aliphatic heterocycles. The summed E-state index contributed by atoms with van der Waals surface area (Å²) in [7, 11) is 3.93. The van der Waals surface area contributed by atoms with Crippen LogP contribution in [0.2, 0.25) is 0 Å². The summed E-state index contributed by atoms with van der Waals surface area (Å²) in [6, 6.07) is 0. The Labute approximate surface area is 105 Å². The maximum absolute atomic E-state index is 10.2. The fourth-order valence-corrected chi connectivity index (χ4v) is 1.94. The summed E-state index contributed by atoms with van der Waals surface area (Å²) >= 11 is 0. The summed E-state index contributed by atoms with van der Waals surface area (Å²) in [6.07, 6.45) is 1.07. The second-order valence-electron chi connectivity index (χ2n) is 5.65. The van der Waals surface area contributed by atoms with Gasteiger partial charge in [-0.15, -0.1) is 0 Å². The van der Waals surface area contributed by atoms with E-state index in [2.05, 4.69) is 13.8 Å². The van der Waals surface area contributed by atoms with E-state index < -0.39 is 11.8 Å². The molecule has 0 fully saturated rings. The molecule has 5 nitrogen and oxygen atoms in total. The largest absolute Gasteiger partial charge is 0.372 e. The summed E-state index contributed by atoms with van der Waals surface area (Å²) in [4.78, 5) is 3.60. The smallest absolute Gasteiger partial charge is 0.145 e. The topological polar surface area (TPSA) is 76.6 Å². The van der Waals surface area contributed by atoms with E-state index in [9.17, 15) is 5.11 Å². The molecule has 0 spiro atoms. The molecule has 5 heteroatoms. The SMILES string of the molecule is CC(C)CC(C)(N)C(O)N(C=N)CCN(C)C. The normalized spacial score (nSPS) is 17.0. The van der Waals surface area contributed by atoms with E-state index in [4.69, 9.17) is 11.1 Å². The van der Waals surface area contributed by atoms with Crippen LogP contribution in [0.3, 0.4) is 0 Å². The van der Waals surface area contributed by atoms with E-state index in [1.54, 1.807) is 4.90 Å². The molecule has 2 unspecified atom stereocenters. The lowest BCUT2D eigenvalue weighted by Gasteiger charge is -2.38. The molecule has 0 radical (unpaired) electrons. The Hall–Kier alpha value is -0.650. The van der Waals surface area contributed by atoms with Crippen molar-refractivity contribution in [3.05, 3.63) is 0 Å². The number of nitrogens with zero attached hydrogens (tertiary/aromatic N) is 2. The van der Waals surface area contributed by atoms with Crippen molar-refractivity contribution in [2.75, 3.05) is 27.2 Å². The van der Waals surface area contributed by atoms with Crippen LogP contribution >= 0.6 is 0 Å².